The minimum atomic E-state index is -0.609. The van der Waals surface area contributed by atoms with Crippen molar-refractivity contribution in [2.75, 3.05) is 19.5 Å². The van der Waals surface area contributed by atoms with Gasteiger partial charge in [0.05, 0.1) is 19.3 Å². The van der Waals surface area contributed by atoms with Gasteiger partial charge in [0.1, 0.15) is 5.69 Å². The number of methoxy groups -OCH3 is 1. The van der Waals surface area contributed by atoms with Crippen LogP contribution in [0.4, 0.5) is 10.1 Å². The molecule has 0 spiro atoms. The molecule has 3 N–H and O–H groups in total. The average Bonchev–Trinajstić information content (AvgIpc) is 2.75. The Morgan fingerprint density at radius 3 is 2.78 bits per heavy atom. The maximum Gasteiger partial charge on any atom is 0.255 e. The van der Waals surface area contributed by atoms with Gasteiger partial charge < -0.3 is 15.5 Å². The number of allylic oxidation sites excluding steroid dienone is 1. The van der Waals surface area contributed by atoms with Gasteiger partial charge >= 0.3 is 0 Å². The first-order chi connectivity index (χ1) is 8.54. The lowest BCUT2D eigenvalue weighted by Crippen LogP contribution is -2.16. The first-order valence-corrected chi connectivity index (χ1v) is 5.31. The average molecular weight is 253 g/mol. The van der Waals surface area contributed by atoms with Gasteiger partial charge in [-0.25, -0.2) is 0 Å². The highest BCUT2D eigenvalue weighted by Gasteiger charge is 2.18. The van der Waals surface area contributed by atoms with Crippen molar-refractivity contribution in [1.29, 1.82) is 10.8 Å². The molecule has 18 heavy (non-hydrogen) atoms. The molecule has 98 valence electrons. The molecular weight excluding hydrogens is 237 g/mol. The third-order valence-electron chi connectivity index (χ3n) is 2.53. The summed E-state index contributed by atoms with van der Waals surface area (Å²) >= 11 is 0. The van der Waals surface area contributed by atoms with Crippen molar-refractivity contribution in [3.8, 4) is 0 Å². The normalized spacial score (nSPS) is 13.0. The fourth-order valence-corrected chi connectivity index (χ4v) is 1.49. The molecule has 1 aromatic rings. The lowest BCUT2D eigenvalue weighted by Gasteiger charge is -2.15. The van der Waals surface area contributed by atoms with Crippen molar-refractivity contribution >= 4 is 17.8 Å². The van der Waals surface area contributed by atoms with Crippen LogP contribution >= 0.6 is 0 Å². The molecule has 0 aliphatic rings. The van der Waals surface area contributed by atoms with Gasteiger partial charge in [-0.1, -0.05) is 0 Å². The zero-order valence-corrected chi connectivity index (χ0v) is 10.5. The molecule has 1 atom stereocenters. The van der Waals surface area contributed by atoms with Crippen LogP contribution in [0.2, 0.25) is 0 Å². The summed E-state index contributed by atoms with van der Waals surface area (Å²) in [6, 6.07) is -0.407. The molecule has 7 heteroatoms. The highest BCUT2D eigenvalue weighted by molar-refractivity contribution is 5.95. The van der Waals surface area contributed by atoms with Gasteiger partial charge in [0.2, 0.25) is 5.90 Å². The number of rotatable bonds is 5. The van der Waals surface area contributed by atoms with Crippen molar-refractivity contribution in [2.24, 2.45) is 0 Å². The Labute approximate surface area is 104 Å². The number of halogens is 1. The van der Waals surface area contributed by atoms with Crippen LogP contribution in [-0.2, 0) is 4.74 Å². The lowest BCUT2D eigenvalue weighted by atomic mass is 10.1. The number of nitrogens with zero attached hydrogens (tertiary/aromatic N) is 2. The first-order valence-electron chi connectivity index (χ1n) is 5.31. The van der Waals surface area contributed by atoms with Gasteiger partial charge in [0, 0.05) is 18.8 Å². The fourth-order valence-electron chi connectivity index (χ4n) is 1.49. The van der Waals surface area contributed by atoms with Crippen molar-refractivity contribution in [3.05, 3.63) is 23.8 Å². The molecule has 0 aliphatic heterocycles. The minimum Gasteiger partial charge on any atom is -0.481 e. The van der Waals surface area contributed by atoms with E-state index in [2.05, 4.69) is 10.4 Å². The molecule has 0 saturated heterocycles. The largest absolute Gasteiger partial charge is 0.481 e. The number of hydrogen-bond donors (Lipinski definition) is 3. The zero-order chi connectivity index (χ0) is 13.7. The third-order valence-corrected chi connectivity index (χ3v) is 2.53. The summed E-state index contributed by atoms with van der Waals surface area (Å²) in [4.78, 5) is 0. The van der Waals surface area contributed by atoms with Crippen LogP contribution in [0.5, 0.6) is 0 Å². The molecule has 0 aliphatic carbocycles. The van der Waals surface area contributed by atoms with Gasteiger partial charge in [0.25, 0.3) is 5.95 Å². The van der Waals surface area contributed by atoms with E-state index in [-0.39, 0.29) is 11.6 Å². The second-order valence-electron chi connectivity index (χ2n) is 3.56. The standard InChI is InChI=1S/C11H16FN5O/c1-7(8(4-5-13)11(14)18-3)17-6-9(15-2)10(12)16-17/h4-7,13-15H,1-3H3/b8-4-,13-5?,14-11?. The molecule has 1 unspecified atom stereocenters. The number of anilines is 1. The molecule has 1 heterocycles. The van der Waals surface area contributed by atoms with Crippen LogP contribution in [-0.4, -0.2) is 36.1 Å². The van der Waals surface area contributed by atoms with Gasteiger partial charge in [-0.15, -0.1) is 5.10 Å². The Balaban J connectivity index is 3.09. The van der Waals surface area contributed by atoms with E-state index in [1.807, 2.05) is 0 Å². The number of hydrogen-bond acceptors (Lipinski definition) is 5. The zero-order valence-electron chi connectivity index (χ0n) is 10.5. The maximum absolute atomic E-state index is 13.4. The summed E-state index contributed by atoms with van der Waals surface area (Å²) in [7, 11) is 2.97. The van der Waals surface area contributed by atoms with E-state index in [0.29, 0.717) is 5.57 Å². The monoisotopic (exact) mass is 253 g/mol. The Bertz CT molecular complexity index is 480. The number of aromatic nitrogens is 2. The molecular formula is C11H16FN5O. The van der Waals surface area contributed by atoms with Gasteiger partial charge in [-0.2, -0.15) is 4.39 Å². The van der Waals surface area contributed by atoms with E-state index >= 15 is 0 Å². The Kier molecular flexibility index (Phi) is 4.59. The minimum absolute atomic E-state index is 0.0760. The molecule has 1 aromatic heterocycles. The summed E-state index contributed by atoms with van der Waals surface area (Å²) in [6.07, 6.45) is 3.98. The van der Waals surface area contributed by atoms with E-state index in [1.54, 1.807) is 14.0 Å². The SMILES string of the molecule is CNc1cn(C(C)/C(=C/C=N)C(=N)OC)nc1F. The topological polar surface area (TPSA) is 86.8 Å². The van der Waals surface area contributed by atoms with Crippen molar-refractivity contribution in [1.82, 2.24) is 9.78 Å². The predicted octanol–water partition coefficient (Wildman–Crippen LogP) is 1.82. The third kappa shape index (κ3) is 2.73. The van der Waals surface area contributed by atoms with E-state index < -0.39 is 12.0 Å². The van der Waals surface area contributed by atoms with Crippen LogP contribution < -0.4 is 5.32 Å². The summed E-state index contributed by atoms with van der Waals surface area (Å²) < 4.78 is 19.6. The summed E-state index contributed by atoms with van der Waals surface area (Å²) in [5, 5.41) is 21.1. The van der Waals surface area contributed by atoms with E-state index in [1.165, 1.54) is 24.1 Å². The van der Waals surface area contributed by atoms with E-state index in [0.717, 1.165) is 6.21 Å². The molecule has 0 aromatic carbocycles. The molecule has 0 amide bonds. The fraction of sp³-hybridized carbons (Fsp3) is 0.364. The second-order valence-corrected chi connectivity index (χ2v) is 3.56. The lowest BCUT2D eigenvalue weighted by molar-refractivity contribution is 0.390. The van der Waals surface area contributed by atoms with Crippen LogP contribution in [0.25, 0.3) is 0 Å². The highest BCUT2D eigenvalue weighted by Crippen LogP contribution is 2.21. The Morgan fingerprint density at radius 2 is 2.33 bits per heavy atom. The Morgan fingerprint density at radius 1 is 1.67 bits per heavy atom. The van der Waals surface area contributed by atoms with Crippen LogP contribution in [0, 0.1) is 16.8 Å². The second kappa shape index (κ2) is 5.95. The van der Waals surface area contributed by atoms with E-state index in [4.69, 9.17) is 15.6 Å². The highest BCUT2D eigenvalue weighted by atomic mass is 19.1. The smallest absolute Gasteiger partial charge is 0.255 e. The molecule has 1 rings (SSSR count). The molecule has 6 nitrogen and oxygen atoms in total. The quantitative estimate of drug-likeness (QED) is 0.552. The summed E-state index contributed by atoms with van der Waals surface area (Å²) in [5.74, 6) is -0.685. The van der Waals surface area contributed by atoms with Crippen molar-refractivity contribution in [3.63, 3.8) is 0 Å². The van der Waals surface area contributed by atoms with Gasteiger partial charge in [-0.3, -0.25) is 10.1 Å². The predicted molar refractivity (Wildman–Crippen MR) is 68.0 cm³/mol. The Hall–Kier alpha value is -2.18. The number of nitrogens with one attached hydrogen (secondary N) is 3. The summed E-state index contributed by atoms with van der Waals surface area (Å²) in [6.45, 7) is 1.74. The molecule has 0 saturated carbocycles. The van der Waals surface area contributed by atoms with Crippen LogP contribution in [0.15, 0.2) is 17.8 Å². The maximum atomic E-state index is 13.4. The van der Waals surface area contributed by atoms with Gasteiger partial charge in [0.15, 0.2) is 0 Å². The van der Waals surface area contributed by atoms with E-state index in [9.17, 15) is 4.39 Å². The molecule has 0 fully saturated rings. The molecule has 0 radical (unpaired) electrons. The van der Waals surface area contributed by atoms with Gasteiger partial charge in [-0.05, 0) is 13.0 Å². The van der Waals surface area contributed by atoms with Crippen LogP contribution in [0.3, 0.4) is 0 Å². The van der Waals surface area contributed by atoms with Crippen molar-refractivity contribution in [2.45, 2.75) is 13.0 Å². The van der Waals surface area contributed by atoms with Crippen molar-refractivity contribution < 1.29 is 9.13 Å². The number of ether oxygens (including phenoxy) is 1. The molecule has 0 bridgehead atoms. The summed E-state index contributed by atoms with van der Waals surface area (Å²) in [5.41, 5.74) is 0.720. The van der Waals surface area contributed by atoms with Crippen LogP contribution in [0.1, 0.15) is 13.0 Å². The first kappa shape index (κ1) is 13.9.